The standard InChI is InChI=1S/C20H26N4O4/c1-20(2,3)17(19(28)21-4)23-18(27)15(11-16(25)26)24-10-7-14(12-24)13-5-8-22-9-6-13/h5-10,12,15,17H,11H2,1-4H3,(H,21,28)(H,23,27)(H,25,26)/t15-,17?/m1/s1. The Balaban J connectivity index is 2.30. The molecule has 0 radical (unpaired) electrons. The molecule has 2 heterocycles. The maximum atomic E-state index is 12.9. The molecule has 150 valence electrons. The molecular weight excluding hydrogens is 360 g/mol. The number of nitrogens with zero attached hydrogens (tertiary/aromatic N) is 2. The van der Waals surface area contributed by atoms with Crippen LogP contribution in [-0.4, -0.2) is 45.5 Å². The summed E-state index contributed by atoms with van der Waals surface area (Å²) in [5.74, 6) is -1.96. The Morgan fingerprint density at radius 3 is 2.29 bits per heavy atom. The fourth-order valence-electron chi connectivity index (χ4n) is 2.88. The van der Waals surface area contributed by atoms with Gasteiger partial charge in [-0.3, -0.25) is 19.4 Å². The fraction of sp³-hybridized carbons (Fsp3) is 0.400. The van der Waals surface area contributed by atoms with Gasteiger partial charge in [-0.2, -0.15) is 0 Å². The van der Waals surface area contributed by atoms with Gasteiger partial charge in [0.05, 0.1) is 6.42 Å². The van der Waals surface area contributed by atoms with E-state index >= 15 is 0 Å². The summed E-state index contributed by atoms with van der Waals surface area (Å²) in [6.45, 7) is 5.49. The summed E-state index contributed by atoms with van der Waals surface area (Å²) in [4.78, 5) is 40.5. The molecule has 0 aliphatic carbocycles. The predicted octanol–water partition coefficient (Wildman–Crippen LogP) is 1.84. The second-order valence-electron chi connectivity index (χ2n) is 7.62. The number of pyridine rings is 1. The number of carbonyl (C=O) groups excluding carboxylic acids is 2. The van der Waals surface area contributed by atoms with E-state index in [1.54, 1.807) is 35.4 Å². The number of carboxylic acid groups (broad SMARTS) is 1. The van der Waals surface area contributed by atoms with Crippen molar-refractivity contribution in [1.29, 1.82) is 0 Å². The van der Waals surface area contributed by atoms with Crippen LogP contribution >= 0.6 is 0 Å². The van der Waals surface area contributed by atoms with Crippen molar-refractivity contribution in [2.75, 3.05) is 7.05 Å². The van der Waals surface area contributed by atoms with Crippen molar-refractivity contribution < 1.29 is 19.5 Å². The minimum Gasteiger partial charge on any atom is -0.481 e. The van der Waals surface area contributed by atoms with Crippen molar-refractivity contribution in [2.24, 2.45) is 5.41 Å². The number of aromatic nitrogens is 2. The Morgan fingerprint density at radius 2 is 1.75 bits per heavy atom. The molecule has 0 spiro atoms. The molecule has 0 bridgehead atoms. The summed E-state index contributed by atoms with van der Waals surface area (Å²) in [5, 5.41) is 14.5. The summed E-state index contributed by atoms with van der Waals surface area (Å²) >= 11 is 0. The number of nitrogens with one attached hydrogen (secondary N) is 2. The van der Waals surface area contributed by atoms with E-state index in [4.69, 9.17) is 0 Å². The van der Waals surface area contributed by atoms with Gasteiger partial charge >= 0.3 is 5.97 Å². The van der Waals surface area contributed by atoms with Gasteiger partial charge in [0.1, 0.15) is 12.1 Å². The van der Waals surface area contributed by atoms with E-state index in [1.165, 1.54) is 7.05 Å². The average Bonchev–Trinajstić information content (AvgIpc) is 3.12. The fourth-order valence-corrected chi connectivity index (χ4v) is 2.88. The van der Waals surface area contributed by atoms with Crippen LogP contribution in [0, 0.1) is 5.41 Å². The molecule has 0 fully saturated rings. The van der Waals surface area contributed by atoms with E-state index in [0.29, 0.717) is 0 Å². The molecule has 2 rings (SSSR count). The third kappa shape index (κ3) is 5.18. The summed E-state index contributed by atoms with van der Waals surface area (Å²) in [6, 6.07) is 3.68. The number of likely N-dealkylation sites (N-methyl/N-ethyl adjacent to an activating group) is 1. The molecule has 0 saturated heterocycles. The van der Waals surface area contributed by atoms with Crippen molar-refractivity contribution in [3.05, 3.63) is 43.0 Å². The molecule has 2 amide bonds. The van der Waals surface area contributed by atoms with E-state index in [-0.39, 0.29) is 5.91 Å². The summed E-state index contributed by atoms with van der Waals surface area (Å²) in [6.07, 6.45) is 6.29. The number of carbonyl (C=O) groups is 3. The highest BCUT2D eigenvalue weighted by molar-refractivity contribution is 5.91. The summed E-state index contributed by atoms with van der Waals surface area (Å²) in [7, 11) is 1.49. The van der Waals surface area contributed by atoms with Crippen molar-refractivity contribution in [1.82, 2.24) is 20.2 Å². The summed E-state index contributed by atoms with van der Waals surface area (Å²) in [5.41, 5.74) is 1.20. The van der Waals surface area contributed by atoms with Crippen LogP contribution in [0.3, 0.4) is 0 Å². The molecule has 8 heteroatoms. The number of amides is 2. The van der Waals surface area contributed by atoms with Crippen LogP contribution in [0.25, 0.3) is 11.1 Å². The van der Waals surface area contributed by atoms with E-state index in [0.717, 1.165) is 11.1 Å². The van der Waals surface area contributed by atoms with Gasteiger partial charge in [0, 0.05) is 31.8 Å². The monoisotopic (exact) mass is 386 g/mol. The van der Waals surface area contributed by atoms with Gasteiger partial charge in [0.25, 0.3) is 0 Å². The maximum absolute atomic E-state index is 12.9. The number of aliphatic carboxylic acids is 1. The Hall–Kier alpha value is -3.16. The minimum atomic E-state index is -1.11. The highest BCUT2D eigenvalue weighted by Crippen LogP contribution is 2.24. The predicted molar refractivity (Wildman–Crippen MR) is 104 cm³/mol. The van der Waals surface area contributed by atoms with Gasteiger partial charge in [-0.05, 0) is 34.7 Å². The maximum Gasteiger partial charge on any atom is 0.306 e. The number of carboxylic acids is 1. The first-order valence-electron chi connectivity index (χ1n) is 8.95. The molecule has 0 saturated carbocycles. The lowest BCUT2D eigenvalue weighted by Gasteiger charge is -2.31. The zero-order valence-corrected chi connectivity index (χ0v) is 16.5. The van der Waals surface area contributed by atoms with Crippen LogP contribution in [0.2, 0.25) is 0 Å². The lowest BCUT2D eigenvalue weighted by atomic mass is 9.86. The molecule has 2 aromatic heterocycles. The summed E-state index contributed by atoms with van der Waals surface area (Å²) < 4.78 is 1.56. The van der Waals surface area contributed by atoms with Gasteiger partial charge in [-0.1, -0.05) is 20.8 Å². The Labute approximate surface area is 164 Å². The molecule has 0 aromatic carbocycles. The number of hydrogen-bond acceptors (Lipinski definition) is 4. The second kappa shape index (κ2) is 8.69. The van der Waals surface area contributed by atoms with E-state index < -0.39 is 35.8 Å². The highest BCUT2D eigenvalue weighted by Gasteiger charge is 2.35. The first-order valence-corrected chi connectivity index (χ1v) is 8.95. The molecule has 28 heavy (non-hydrogen) atoms. The first kappa shape index (κ1) is 21.1. The second-order valence-corrected chi connectivity index (χ2v) is 7.62. The van der Waals surface area contributed by atoms with Crippen molar-refractivity contribution in [3.8, 4) is 11.1 Å². The first-order chi connectivity index (χ1) is 13.1. The molecule has 0 aliphatic heterocycles. The molecular formula is C20H26N4O4. The van der Waals surface area contributed by atoms with Gasteiger partial charge in [0.2, 0.25) is 11.8 Å². The molecule has 2 atom stereocenters. The van der Waals surface area contributed by atoms with E-state index in [9.17, 15) is 19.5 Å². The van der Waals surface area contributed by atoms with Crippen LogP contribution in [0.1, 0.15) is 33.2 Å². The zero-order chi connectivity index (χ0) is 20.9. The quantitative estimate of drug-likeness (QED) is 0.672. The normalized spacial score (nSPS) is 13.4. The smallest absolute Gasteiger partial charge is 0.306 e. The molecule has 2 aromatic rings. The molecule has 8 nitrogen and oxygen atoms in total. The van der Waals surface area contributed by atoms with Crippen LogP contribution in [0.15, 0.2) is 43.0 Å². The molecule has 1 unspecified atom stereocenters. The van der Waals surface area contributed by atoms with Crippen LogP contribution in [-0.2, 0) is 14.4 Å². The molecule has 3 N–H and O–H groups in total. The topological polar surface area (TPSA) is 113 Å². The van der Waals surface area contributed by atoms with Gasteiger partial charge in [-0.25, -0.2) is 0 Å². The van der Waals surface area contributed by atoms with Gasteiger partial charge in [0.15, 0.2) is 0 Å². The number of hydrogen-bond donors (Lipinski definition) is 3. The SMILES string of the molecule is CNC(=O)C(NC(=O)[C@@H](CC(=O)O)n1ccc(-c2ccncc2)c1)C(C)(C)C. The van der Waals surface area contributed by atoms with Crippen LogP contribution < -0.4 is 10.6 Å². The van der Waals surface area contributed by atoms with Crippen LogP contribution in [0.5, 0.6) is 0 Å². The van der Waals surface area contributed by atoms with E-state index in [2.05, 4.69) is 15.6 Å². The third-order valence-electron chi connectivity index (χ3n) is 4.42. The van der Waals surface area contributed by atoms with Crippen molar-refractivity contribution in [2.45, 2.75) is 39.3 Å². The lowest BCUT2D eigenvalue weighted by Crippen LogP contribution is -2.54. The third-order valence-corrected chi connectivity index (χ3v) is 4.42. The zero-order valence-electron chi connectivity index (χ0n) is 16.5. The van der Waals surface area contributed by atoms with Crippen LogP contribution in [0.4, 0.5) is 0 Å². The van der Waals surface area contributed by atoms with Gasteiger partial charge < -0.3 is 20.3 Å². The number of rotatable bonds is 7. The Kier molecular flexibility index (Phi) is 6.56. The minimum absolute atomic E-state index is 0.333. The largest absolute Gasteiger partial charge is 0.481 e. The lowest BCUT2D eigenvalue weighted by molar-refractivity contribution is -0.141. The van der Waals surface area contributed by atoms with Crippen molar-refractivity contribution in [3.63, 3.8) is 0 Å². The Morgan fingerprint density at radius 1 is 1.11 bits per heavy atom. The highest BCUT2D eigenvalue weighted by atomic mass is 16.4. The molecule has 0 aliphatic rings. The average molecular weight is 386 g/mol. The Bertz CT molecular complexity index is 839. The van der Waals surface area contributed by atoms with Gasteiger partial charge in [-0.15, -0.1) is 0 Å². The van der Waals surface area contributed by atoms with E-state index in [1.807, 2.05) is 32.9 Å². The van der Waals surface area contributed by atoms with Crippen molar-refractivity contribution >= 4 is 17.8 Å².